The standard InChI is InChI=1S/C18H23N2/c1-5-13-19(14-6-2)17-11-9-10-12-18(17)20(15-7-3)16-8-4/h5-11H,1-4,13-16H2. The molecule has 1 aromatic carbocycles. The third kappa shape index (κ3) is 4.16. The summed E-state index contributed by atoms with van der Waals surface area (Å²) >= 11 is 0. The molecule has 0 aliphatic heterocycles. The monoisotopic (exact) mass is 267 g/mol. The Balaban J connectivity index is 3.17. The van der Waals surface area contributed by atoms with Crippen LogP contribution < -0.4 is 9.80 Å². The minimum absolute atomic E-state index is 0.759. The minimum Gasteiger partial charge on any atom is -0.362 e. The van der Waals surface area contributed by atoms with Gasteiger partial charge in [0.2, 0.25) is 0 Å². The van der Waals surface area contributed by atoms with Crippen LogP contribution in [0.1, 0.15) is 0 Å². The Morgan fingerprint density at radius 1 is 0.850 bits per heavy atom. The van der Waals surface area contributed by atoms with E-state index in [2.05, 4.69) is 48.2 Å². The van der Waals surface area contributed by atoms with E-state index in [0.29, 0.717) is 0 Å². The van der Waals surface area contributed by atoms with Crippen LogP contribution in [0.4, 0.5) is 11.4 Å². The van der Waals surface area contributed by atoms with Crippen LogP contribution in [0.3, 0.4) is 0 Å². The zero-order chi connectivity index (χ0) is 14.8. The van der Waals surface area contributed by atoms with Gasteiger partial charge in [0.1, 0.15) is 0 Å². The van der Waals surface area contributed by atoms with E-state index >= 15 is 0 Å². The second-order valence-corrected chi connectivity index (χ2v) is 4.37. The largest absolute Gasteiger partial charge is 0.362 e. The Kier molecular flexibility index (Phi) is 6.97. The van der Waals surface area contributed by atoms with E-state index in [-0.39, 0.29) is 0 Å². The topological polar surface area (TPSA) is 6.48 Å². The maximum Gasteiger partial charge on any atom is 0.0690 e. The quantitative estimate of drug-likeness (QED) is 0.594. The molecule has 1 radical (unpaired) electrons. The molecule has 0 aromatic heterocycles. The van der Waals surface area contributed by atoms with E-state index in [0.717, 1.165) is 37.6 Å². The number of hydrogen-bond donors (Lipinski definition) is 0. The lowest BCUT2D eigenvalue weighted by Gasteiger charge is -2.30. The van der Waals surface area contributed by atoms with Crippen molar-refractivity contribution in [2.75, 3.05) is 36.0 Å². The number of para-hydroxylation sites is 1. The molecule has 0 aliphatic rings. The molecule has 2 nitrogen and oxygen atoms in total. The zero-order valence-electron chi connectivity index (χ0n) is 12.1. The Bertz CT molecular complexity index is 399. The summed E-state index contributed by atoms with van der Waals surface area (Å²) in [6.07, 6.45) is 7.57. The highest BCUT2D eigenvalue weighted by molar-refractivity contribution is 5.71. The van der Waals surface area contributed by atoms with Gasteiger partial charge >= 0.3 is 0 Å². The van der Waals surface area contributed by atoms with Crippen LogP contribution in [-0.2, 0) is 0 Å². The predicted molar refractivity (Wildman–Crippen MR) is 90.5 cm³/mol. The third-order valence-corrected chi connectivity index (χ3v) is 2.87. The summed E-state index contributed by atoms with van der Waals surface area (Å²) < 4.78 is 0. The van der Waals surface area contributed by atoms with Gasteiger partial charge < -0.3 is 9.80 Å². The van der Waals surface area contributed by atoms with Crippen LogP contribution in [0.25, 0.3) is 0 Å². The molecule has 0 aliphatic carbocycles. The van der Waals surface area contributed by atoms with E-state index in [4.69, 9.17) is 0 Å². The van der Waals surface area contributed by atoms with Gasteiger partial charge in [0, 0.05) is 32.2 Å². The molecule has 20 heavy (non-hydrogen) atoms. The number of nitrogens with zero attached hydrogens (tertiary/aromatic N) is 2. The van der Waals surface area contributed by atoms with Crippen molar-refractivity contribution in [3.05, 3.63) is 74.9 Å². The smallest absolute Gasteiger partial charge is 0.0690 e. The molecule has 0 fully saturated rings. The van der Waals surface area contributed by atoms with E-state index in [9.17, 15) is 0 Å². The first kappa shape index (κ1) is 15.8. The van der Waals surface area contributed by atoms with Gasteiger partial charge in [0.15, 0.2) is 0 Å². The van der Waals surface area contributed by atoms with Crippen LogP contribution in [0, 0.1) is 6.07 Å². The summed E-state index contributed by atoms with van der Waals surface area (Å²) in [7, 11) is 0. The molecule has 0 spiro atoms. The lowest BCUT2D eigenvalue weighted by atomic mass is 10.2. The molecule has 105 valence electrons. The lowest BCUT2D eigenvalue weighted by Crippen LogP contribution is -2.29. The van der Waals surface area contributed by atoms with Gasteiger partial charge in [0.05, 0.1) is 11.4 Å². The fraction of sp³-hybridized carbons (Fsp3) is 0.222. The summed E-state index contributed by atoms with van der Waals surface area (Å²) in [5.41, 5.74) is 2.17. The van der Waals surface area contributed by atoms with Crippen molar-refractivity contribution < 1.29 is 0 Å². The maximum atomic E-state index is 3.82. The minimum atomic E-state index is 0.759. The number of hydrogen-bond acceptors (Lipinski definition) is 2. The molecule has 0 bridgehead atoms. The van der Waals surface area contributed by atoms with Crippen molar-refractivity contribution in [2.24, 2.45) is 0 Å². The summed E-state index contributed by atoms with van der Waals surface area (Å²) in [6, 6.07) is 9.35. The molecule has 1 aromatic rings. The number of rotatable bonds is 10. The van der Waals surface area contributed by atoms with Crippen molar-refractivity contribution in [3.8, 4) is 0 Å². The van der Waals surface area contributed by atoms with Crippen molar-refractivity contribution in [1.82, 2.24) is 0 Å². The maximum absolute atomic E-state index is 3.82. The van der Waals surface area contributed by atoms with Gasteiger partial charge in [-0.2, -0.15) is 0 Å². The van der Waals surface area contributed by atoms with Crippen LogP contribution in [0.2, 0.25) is 0 Å². The van der Waals surface area contributed by atoms with Crippen molar-refractivity contribution in [3.63, 3.8) is 0 Å². The van der Waals surface area contributed by atoms with E-state index in [1.165, 1.54) is 0 Å². The highest BCUT2D eigenvalue weighted by Crippen LogP contribution is 2.28. The van der Waals surface area contributed by atoms with E-state index in [1.807, 2.05) is 36.4 Å². The van der Waals surface area contributed by atoms with E-state index < -0.39 is 0 Å². The number of anilines is 2. The van der Waals surface area contributed by atoms with Gasteiger partial charge in [-0.1, -0.05) is 36.4 Å². The van der Waals surface area contributed by atoms with Crippen LogP contribution in [0.15, 0.2) is 68.8 Å². The van der Waals surface area contributed by atoms with Crippen molar-refractivity contribution in [2.45, 2.75) is 0 Å². The molecule has 0 N–H and O–H groups in total. The Morgan fingerprint density at radius 3 is 1.85 bits per heavy atom. The molecule has 2 heteroatoms. The first-order valence-electron chi connectivity index (χ1n) is 6.72. The Labute approximate surface area is 123 Å². The molecule has 0 atom stereocenters. The molecule has 1 rings (SSSR count). The first-order valence-corrected chi connectivity index (χ1v) is 6.72. The van der Waals surface area contributed by atoms with E-state index in [1.54, 1.807) is 0 Å². The zero-order valence-corrected chi connectivity index (χ0v) is 12.1. The summed E-state index contributed by atoms with van der Waals surface area (Å²) in [6.45, 7) is 18.3. The van der Waals surface area contributed by atoms with Crippen molar-refractivity contribution >= 4 is 11.4 Å². The fourth-order valence-corrected chi connectivity index (χ4v) is 2.08. The predicted octanol–water partition coefficient (Wildman–Crippen LogP) is 3.84. The van der Waals surface area contributed by atoms with Gasteiger partial charge in [0.25, 0.3) is 0 Å². The molecule has 0 amide bonds. The molecule has 0 unspecified atom stereocenters. The fourth-order valence-electron chi connectivity index (χ4n) is 2.08. The molecule has 0 saturated heterocycles. The van der Waals surface area contributed by atoms with Gasteiger partial charge in [-0.3, -0.25) is 0 Å². The van der Waals surface area contributed by atoms with Gasteiger partial charge in [-0.25, -0.2) is 0 Å². The molecular formula is C18H23N2. The number of benzene rings is 1. The highest BCUT2D eigenvalue weighted by atomic mass is 15.2. The Morgan fingerprint density at radius 2 is 1.35 bits per heavy atom. The van der Waals surface area contributed by atoms with Crippen LogP contribution in [0.5, 0.6) is 0 Å². The van der Waals surface area contributed by atoms with Gasteiger partial charge in [-0.15, -0.1) is 26.3 Å². The summed E-state index contributed by atoms with van der Waals surface area (Å²) in [5, 5.41) is 0. The molecule has 0 saturated carbocycles. The Hall–Kier alpha value is -2.22. The lowest BCUT2D eigenvalue weighted by molar-refractivity contribution is 0.915. The summed E-state index contributed by atoms with van der Waals surface area (Å²) in [5.74, 6) is 0. The van der Waals surface area contributed by atoms with Crippen LogP contribution in [-0.4, -0.2) is 26.2 Å². The SMILES string of the molecule is C=CCN(CC=C)c1[c]cccc1N(CC=C)CC=C. The normalized spacial score (nSPS) is 9.60. The van der Waals surface area contributed by atoms with Crippen LogP contribution >= 0.6 is 0 Å². The second-order valence-electron chi connectivity index (χ2n) is 4.37. The average Bonchev–Trinajstić information content (AvgIpc) is 2.47. The summed E-state index contributed by atoms with van der Waals surface area (Å²) in [4.78, 5) is 4.40. The third-order valence-electron chi connectivity index (χ3n) is 2.87. The van der Waals surface area contributed by atoms with Crippen molar-refractivity contribution in [1.29, 1.82) is 0 Å². The molecular weight excluding hydrogens is 244 g/mol. The average molecular weight is 267 g/mol. The van der Waals surface area contributed by atoms with Gasteiger partial charge in [-0.05, 0) is 6.07 Å². The first-order chi connectivity index (χ1) is 9.78. The highest BCUT2D eigenvalue weighted by Gasteiger charge is 2.13. The molecule has 0 heterocycles. The second kappa shape index (κ2) is 8.81.